The highest BCUT2D eigenvalue weighted by atomic mass is 35.5. The van der Waals surface area contributed by atoms with Gasteiger partial charge in [-0.15, -0.1) is 0 Å². The van der Waals surface area contributed by atoms with Crippen LogP contribution in [-0.2, 0) is 4.43 Å². The van der Waals surface area contributed by atoms with Crippen LogP contribution >= 0.6 is 11.6 Å². The highest BCUT2D eigenvalue weighted by molar-refractivity contribution is 6.77. The number of nitrogens with one attached hydrogen (secondary N) is 2. The van der Waals surface area contributed by atoms with Crippen molar-refractivity contribution in [2.45, 2.75) is 83.3 Å². The van der Waals surface area contributed by atoms with Crippen molar-refractivity contribution < 1.29 is 31.2 Å². The monoisotopic (exact) mass is 646 g/mol. The van der Waals surface area contributed by atoms with Gasteiger partial charge in [-0.05, 0) is 53.9 Å². The van der Waals surface area contributed by atoms with Crippen molar-refractivity contribution >= 4 is 42.5 Å². The van der Waals surface area contributed by atoms with Crippen molar-refractivity contribution in [3.63, 3.8) is 0 Å². The van der Waals surface area contributed by atoms with E-state index in [1.807, 2.05) is 6.92 Å². The van der Waals surface area contributed by atoms with E-state index in [1.165, 1.54) is 28.1 Å². The predicted molar refractivity (Wildman–Crippen MR) is 161 cm³/mol. The molecule has 0 saturated carbocycles. The minimum Gasteiger partial charge on any atom is -0.406 e. The Morgan fingerprint density at radius 3 is 2.12 bits per heavy atom. The highest BCUT2D eigenvalue weighted by Crippen LogP contribution is 2.45. The van der Waals surface area contributed by atoms with Gasteiger partial charge in [-0.25, -0.2) is 9.78 Å². The van der Waals surface area contributed by atoms with Gasteiger partial charge in [0.2, 0.25) is 8.32 Å². The zero-order valence-corrected chi connectivity index (χ0v) is 26.7. The molecule has 3 rings (SSSR count). The lowest BCUT2D eigenvalue weighted by Crippen LogP contribution is -2.48. The van der Waals surface area contributed by atoms with Crippen molar-refractivity contribution in [1.82, 2.24) is 14.9 Å². The summed E-state index contributed by atoms with van der Waals surface area (Å²) >= 11 is 6.40. The molecule has 14 heteroatoms. The van der Waals surface area contributed by atoms with Gasteiger partial charge in [0.25, 0.3) is 5.56 Å². The van der Waals surface area contributed by atoms with Gasteiger partial charge in [0, 0.05) is 5.69 Å². The summed E-state index contributed by atoms with van der Waals surface area (Å²) < 4.78 is 72.3. The lowest BCUT2D eigenvalue weighted by molar-refractivity contribution is -0.278. The van der Waals surface area contributed by atoms with E-state index < -0.39 is 44.7 Å². The second-order valence-corrected chi connectivity index (χ2v) is 17.2. The van der Waals surface area contributed by atoms with Gasteiger partial charge >= 0.3 is 18.1 Å². The van der Waals surface area contributed by atoms with Crippen LogP contribution in [0.15, 0.2) is 47.3 Å². The topological polar surface area (TPSA) is 85.2 Å². The molecule has 1 heterocycles. The van der Waals surface area contributed by atoms with Crippen molar-refractivity contribution in [2.24, 2.45) is 0 Å². The van der Waals surface area contributed by atoms with Crippen LogP contribution in [0.3, 0.4) is 0 Å². The van der Waals surface area contributed by atoms with E-state index in [1.54, 1.807) is 24.3 Å². The molecule has 0 saturated heterocycles. The van der Waals surface area contributed by atoms with Crippen LogP contribution in [0.25, 0.3) is 16.6 Å². The number of rotatable bonds is 10. The van der Waals surface area contributed by atoms with E-state index in [2.05, 4.69) is 46.9 Å². The average Bonchev–Trinajstić information content (AvgIpc) is 2.89. The molecule has 3 aromatic rings. The molecule has 0 radical (unpaired) electrons. The number of fused-ring (bicyclic) bond motifs is 1. The standard InChI is InChI=1S/C29H36ClF5N4O3Si/c1-16(2)43(17(3)4,18(5)6)42-19(7)25-38-23-13-9-12-22(30)24(23)26(40)39(25)21-11-8-10-20(14-21)37-27(41)36-15-28(31,32)29(33,34)35/h8-14,16-19H,15H2,1-7H3,(H2,36,37,41). The predicted octanol–water partition coefficient (Wildman–Crippen LogP) is 8.61. The number of halogens is 6. The number of anilines is 1. The number of aromatic nitrogens is 2. The Kier molecular flexibility index (Phi) is 10.3. The summed E-state index contributed by atoms with van der Waals surface area (Å²) in [4.78, 5) is 31.0. The first-order valence-corrected chi connectivity index (χ1v) is 16.3. The van der Waals surface area contributed by atoms with E-state index >= 15 is 0 Å². The molecule has 7 nitrogen and oxygen atoms in total. The first-order valence-electron chi connectivity index (χ1n) is 13.8. The Morgan fingerprint density at radius 2 is 1.56 bits per heavy atom. The Hall–Kier alpha value is -3.03. The first kappa shape index (κ1) is 34.5. The number of nitrogens with zero attached hydrogens (tertiary/aromatic N) is 2. The second-order valence-electron chi connectivity index (χ2n) is 11.4. The van der Waals surface area contributed by atoms with Crippen molar-refractivity contribution in [3.05, 3.63) is 63.7 Å². The van der Waals surface area contributed by atoms with Crippen molar-refractivity contribution in [3.8, 4) is 5.69 Å². The third-order valence-corrected chi connectivity index (χ3v) is 14.1. The zero-order valence-electron chi connectivity index (χ0n) is 24.9. The Labute approximate surface area is 252 Å². The van der Waals surface area contributed by atoms with Crippen LogP contribution in [0.1, 0.15) is 60.4 Å². The van der Waals surface area contributed by atoms with Crippen molar-refractivity contribution in [1.29, 1.82) is 0 Å². The molecule has 236 valence electrons. The first-order chi connectivity index (χ1) is 19.8. The van der Waals surface area contributed by atoms with Gasteiger partial charge in [0.05, 0.1) is 28.2 Å². The number of urea groups is 1. The molecule has 1 unspecified atom stereocenters. The summed E-state index contributed by atoms with van der Waals surface area (Å²) in [6.45, 7) is 12.7. The minimum absolute atomic E-state index is 0.0336. The fourth-order valence-corrected chi connectivity index (χ4v) is 11.5. The normalized spacial score (nSPS) is 13.7. The molecule has 0 bridgehead atoms. The van der Waals surface area contributed by atoms with Crippen LogP contribution in [-0.4, -0.2) is 42.5 Å². The summed E-state index contributed by atoms with van der Waals surface area (Å²) in [5, 5.41) is 4.11. The number of amides is 2. The molecular formula is C29H36ClF5N4O3Si. The van der Waals surface area contributed by atoms with Crippen LogP contribution in [0.2, 0.25) is 21.6 Å². The van der Waals surface area contributed by atoms with Crippen LogP contribution < -0.4 is 16.2 Å². The van der Waals surface area contributed by atoms with E-state index in [4.69, 9.17) is 21.0 Å². The van der Waals surface area contributed by atoms with E-state index in [-0.39, 0.29) is 44.2 Å². The second kappa shape index (κ2) is 12.9. The number of benzene rings is 2. The summed E-state index contributed by atoms with van der Waals surface area (Å²) in [6.07, 6.45) is -6.47. The Morgan fingerprint density at radius 1 is 0.977 bits per heavy atom. The van der Waals surface area contributed by atoms with Gasteiger partial charge in [0.15, 0.2) is 0 Å². The van der Waals surface area contributed by atoms with E-state index in [0.717, 1.165) is 0 Å². The SMILES string of the molecule is CC(O[Si](C(C)C)(C(C)C)C(C)C)c1nc2cccc(Cl)c2c(=O)n1-c1cccc(NC(=O)NCC(F)(F)C(F)(F)F)c1. The quantitative estimate of drug-likeness (QED) is 0.171. The van der Waals surface area contributed by atoms with Gasteiger partial charge in [-0.1, -0.05) is 65.3 Å². The largest absolute Gasteiger partial charge is 0.455 e. The maximum absolute atomic E-state index is 14.0. The molecule has 0 spiro atoms. The maximum atomic E-state index is 14.0. The molecule has 1 aromatic heterocycles. The fraction of sp³-hybridized carbons (Fsp3) is 0.483. The van der Waals surface area contributed by atoms with Gasteiger partial charge in [-0.2, -0.15) is 22.0 Å². The Balaban J connectivity index is 2.10. The third-order valence-electron chi connectivity index (χ3n) is 7.57. The van der Waals surface area contributed by atoms with Gasteiger partial charge in [-0.3, -0.25) is 9.36 Å². The molecule has 0 aliphatic rings. The molecule has 2 aromatic carbocycles. The van der Waals surface area contributed by atoms with Crippen LogP contribution in [0, 0.1) is 0 Å². The number of carbonyl (C=O) groups is 1. The van der Waals surface area contributed by atoms with Gasteiger partial charge in [0.1, 0.15) is 11.9 Å². The Bertz CT molecular complexity index is 1510. The fourth-order valence-electron chi connectivity index (χ4n) is 5.69. The highest BCUT2D eigenvalue weighted by Gasteiger charge is 2.57. The molecule has 0 fully saturated rings. The number of carbonyl (C=O) groups excluding carboxylic acids is 1. The summed E-state index contributed by atoms with van der Waals surface area (Å²) in [5.74, 6) is -4.83. The average molecular weight is 647 g/mol. The minimum atomic E-state index is -5.82. The maximum Gasteiger partial charge on any atom is 0.455 e. The third kappa shape index (κ3) is 7.04. The summed E-state index contributed by atoms with van der Waals surface area (Å²) in [6, 6.07) is 9.45. The summed E-state index contributed by atoms with van der Waals surface area (Å²) in [7, 11) is -2.45. The number of hydrogen-bond acceptors (Lipinski definition) is 4. The van der Waals surface area contributed by atoms with E-state index in [9.17, 15) is 31.5 Å². The number of hydrogen-bond donors (Lipinski definition) is 2. The lowest BCUT2D eigenvalue weighted by atomic mass is 10.2. The van der Waals surface area contributed by atoms with Gasteiger partial charge < -0.3 is 15.1 Å². The molecule has 43 heavy (non-hydrogen) atoms. The molecular weight excluding hydrogens is 611 g/mol. The number of alkyl halides is 5. The molecule has 2 N–H and O–H groups in total. The van der Waals surface area contributed by atoms with E-state index in [0.29, 0.717) is 5.52 Å². The summed E-state index contributed by atoms with van der Waals surface area (Å²) in [5.41, 5.74) is 0.852. The smallest absolute Gasteiger partial charge is 0.406 e. The zero-order chi connectivity index (χ0) is 32.5. The van der Waals surface area contributed by atoms with Crippen molar-refractivity contribution in [2.75, 3.05) is 11.9 Å². The molecule has 1 atom stereocenters. The van der Waals surface area contributed by atoms with Crippen LogP contribution in [0.5, 0.6) is 0 Å². The van der Waals surface area contributed by atoms with Crippen LogP contribution in [0.4, 0.5) is 32.4 Å². The molecule has 0 aliphatic carbocycles. The molecule has 2 amide bonds. The lowest BCUT2D eigenvalue weighted by Gasteiger charge is -2.44. The molecule has 0 aliphatic heterocycles.